The predicted octanol–water partition coefficient (Wildman–Crippen LogP) is 8.93. The molecular formula is C64H83F4N19O24P4S4. The number of hydrogen-bond donors (Lipinski definition) is 5. The Hall–Kier alpha value is -6.96. The van der Waals surface area contributed by atoms with E-state index in [4.69, 9.17) is 81.8 Å². The molecule has 55 heteroatoms. The molecule has 14 heterocycles. The molecule has 0 aromatic carbocycles. The molecule has 119 heavy (non-hydrogen) atoms. The number of hydrogen-bond acceptors (Lipinski definition) is 41. The molecule has 0 amide bonds. The van der Waals surface area contributed by atoms with Crippen LogP contribution in [0.4, 0.5) is 35.1 Å². The second-order valence-corrected chi connectivity index (χ2v) is 47.5. The smallest absolute Gasteiger partial charge is 0.392 e. The van der Waals surface area contributed by atoms with Gasteiger partial charge in [0.1, 0.15) is 96.0 Å². The number of anilines is 3. The number of nitrogens with two attached hydrogens (primary N) is 3. The first-order valence-electron chi connectivity index (χ1n) is 36.1. The highest BCUT2D eigenvalue weighted by Crippen LogP contribution is 2.69. The molecular weight excluding hydrogens is 1750 g/mol. The molecule has 0 radical (unpaired) electrons. The van der Waals surface area contributed by atoms with Crippen LogP contribution in [0.1, 0.15) is 108 Å². The van der Waals surface area contributed by atoms with Gasteiger partial charge in [0, 0.05) is 33.6 Å². The lowest BCUT2D eigenvalue weighted by molar-refractivity contribution is -0.151. The van der Waals surface area contributed by atoms with E-state index in [1.165, 1.54) is 21.8 Å². The number of halogens is 4. The number of nitrogens with one attached hydrogen (secondary N) is 2. The van der Waals surface area contributed by atoms with Gasteiger partial charge in [-0.3, -0.25) is 88.2 Å². The Morgan fingerprint density at radius 3 is 1.09 bits per heavy atom. The summed E-state index contributed by atoms with van der Waals surface area (Å²) in [4.78, 5) is 122. The fourth-order valence-electron chi connectivity index (χ4n) is 12.1. The molecule has 0 saturated carbocycles. The van der Waals surface area contributed by atoms with Gasteiger partial charge < -0.3 is 50.6 Å². The number of ether oxygens (including phenoxy) is 6. The van der Waals surface area contributed by atoms with Gasteiger partial charge in [-0.05, 0) is 64.3 Å². The number of imidazole rings is 4. The summed E-state index contributed by atoms with van der Waals surface area (Å²) in [6.45, 7) is -2.40. The van der Waals surface area contributed by atoms with Crippen LogP contribution in [0, 0.1) is 21.7 Å². The lowest BCUT2D eigenvalue weighted by atomic mass is 9.92. The number of ketones is 2. The van der Waals surface area contributed by atoms with Crippen LogP contribution in [0.3, 0.4) is 0 Å². The molecule has 8 N–H and O–H groups in total. The number of nitrogens with zero attached hydrogens (tertiary/aromatic N) is 14. The fraction of sp³-hybridized carbons (Fsp3) is 0.625. The van der Waals surface area contributed by atoms with E-state index in [1.807, 2.05) is 0 Å². The Kier molecular flexibility index (Phi) is 26.1. The summed E-state index contributed by atoms with van der Waals surface area (Å²) >= 11 is 1.71. The highest BCUT2D eigenvalue weighted by Gasteiger charge is 2.59. The van der Waals surface area contributed by atoms with Gasteiger partial charge in [-0.1, -0.05) is 41.5 Å². The second-order valence-electron chi connectivity index (χ2n) is 31.5. The van der Waals surface area contributed by atoms with Crippen LogP contribution in [0.2, 0.25) is 0 Å². The third-order valence-electron chi connectivity index (χ3n) is 18.8. The number of aromatic nitrogens is 16. The molecule has 6 aliphatic rings. The van der Waals surface area contributed by atoms with E-state index >= 15 is 17.6 Å². The van der Waals surface area contributed by atoms with Gasteiger partial charge in [0.25, 0.3) is 11.1 Å². The fourth-order valence-corrected chi connectivity index (χ4v) is 24.7. The summed E-state index contributed by atoms with van der Waals surface area (Å²) < 4.78 is 213. The number of Topliss-reactive ketones (excluding diaryl/α,β-unsaturated/α-hetero) is 2. The van der Waals surface area contributed by atoms with E-state index in [0.717, 1.165) is 40.8 Å². The molecule has 20 atom stereocenters. The number of H-pyrrole nitrogens is 2. The Balaban J connectivity index is 0.000000206. The zero-order chi connectivity index (χ0) is 86.2. The Morgan fingerprint density at radius 2 is 0.756 bits per heavy atom. The minimum atomic E-state index is -4.72. The van der Waals surface area contributed by atoms with Gasteiger partial charge in [0.05, 0.1) is 80.4 Å². The summed E-state index contributed by atoms with van der Waals surface area (Å²) in [7, 11) is 0. The number of aromatic amines is 2. The number of fused-ring (bicyclic) bond motifs is 8. The number of rotatable bonds is 16. The lowest BCUT2D eigenvalue weighted by Crippen LogP contribution is -2.37. The SMILES string of the molecule is CC(C)(C)C(=O)CSP1(=O)OCC2OC(n3cnc4c(=O)[nH]cnc43)[C@H](F)[C@@H]2OP(=O)(SCC(=O)C(C)(C)C)OCC2OC(n3cnc4c(N)ncnc43)[C@H](F)[C@@H]2O1.CC(C)(C)C(=O)OCSP1(=O)OCC2OC(n3cnc4c(=O)[nH]c(N)nc43)[C@H](F)[C@@H]2OP(=O)(SCOC(=O)C(C)(C)C)OCC2OC(n3cnc4c(N)ncnc43)[C@H](F)[C@@H]2O1. The zero-order valence-corrected chi connectivity index (χ0v) is 72.0. The van der Waals surface area contributed by atoms with Gasteiger partial charge in [-0.25, -0.2) is 80.7 Å². The van der Waals surface area contributed by atoms with Crippen LogP contribution in [0.5, 0.6) is 0 Å². The van der Waals surface area contributed by atoms with E-state index in [0.29, 0.717) is 45.5 Å². The summed E-state index contributed by atoms with van der Waals surface area (Å²) in [5.74, 6) is -4.37. The first kappa shape index (κ1) is 89.8. The molecule has 0 bridgehead atoms. The van der Waals surface area contributed by atoms with Gasteiger partial charge in [-0.2, -0.15) is 4.98 Å². The minimum Gasteiger partial charge on any atom is -0.454 e. The quantitative estimate of drug-likeness (QED) is 0.0261. The van der Waals surface area contributed by atoms with Crippen molar-refractivity contribution in [3.8, 4) is 0 Å². The molecule has 8 aromatic heterocycles. The van der Waals surface area contributed by atoms with E-state index in [-0.39, 0.29) is 73.8 Å². The van der Waals surface area contributed by atoms with Crippen LogP contribution >= 0.6 is 72.7 Å². The van der Waals surface area contributed by atoms with Crippen molar-refractivity contribution >= 4 is 158 Å². The van der Waals surface area contributed by atoms with Crippen molar-refractivity contribution < 1.29 is 120 Å². The highest BCUT2D eigenvalue weighted by atomic mass is 32.7. The second kappa shape index (κ2) is 34.6. The maximum atomic E-state index is 16.9. The van der Waals surface area contributed by atoms with Crippen LogP contribution in [0.15, 0.2) is 53.9 Å². The van der Waals surface area contributed by atoms with E-state index in [9.17, 15) is 47.0 Å². The van der Waals surface area contributed by atoms with Crippen molar-refractivity contribution in [2.24, 2.45) is 21.7 Å². The van der Waals surface area contributed by atoms with Crippen LogP contribution in [-0.4, -0.2) is 225 Å². The van der Waals surface area contributed by atoms with Crippen molar-refractivity contribution in [1.29, 1.82) is 0 Å². The first-order chi connectivity index (χ1) is 55.7. The largest absolute Gasteiger partial charge is 0.454 e. The van der Waals surface area contributed by atoms with Crippen molar-refractivity contribution in [2.75, 3.05) is 67.0 Å². The molecule has 6 saturated heterocycles. The molecule has 12 unspecified atom stereocenters. The number of nitrogen functional groups attached to an aromatic ring is 3. The zero-order valence-electron chi connectivity index (χ0n) is 65.2. The van der Waals surface area contributed by atoms with Crippen molar-refractivity contribution in [1.82, 2.24) is 78.1 Å². The molecule has 6 fully saturated rings. The molecule has 650 valence electrons. The normalized spacial score (nSPS) is 31.8. The average Bonchev–Trinajstić information content (AvgIpc) is 1.71. The molecule has 0 aliphatic carbocycles. The number of carbonyl (C=O) groups is 4. The molecule has 8 aromatic rings. The molecule has 0 spiro atoms. The van der Waals surface area contributed by atoms with E-state index in [2.05, 4.69) is 59.8 Å². The summed E-state index contributed by atoms with van der Waals surface area (Å²) in [6, 6.07) is 0. The standard InChI is InChI=1S/C32H42F2N10O13P2S2.C32H41F2N9O11P2S2/c1-31(2,3)28(46)50-12-60-58(48)53-8-15-21(17(34)27(55-15)44-11-40-19-24(44)41-30(36)42-25(19)45)57-59(49,61-13-51-29(47)32(4,5)6)52-7-14-20(56-58)16(33)26(54-14)43-10-39-18-22(35)37-9-38-23(18)43;1-31(2,3)17(44)9-57-55(47)50-8-16-24(20(34)30(52-16)43-14-41-22-27(43)38-12-39-28(22)46)54-56(48,58-10-18(45)32(4,5)6)49-7-15-23(53-55)19(33)29(51-15)42-13-40-21-25(35)36-11-37-26(21)42/h9-11,14-17,20-21,26-27H,7-8,12-13H2,1-6H3,(H2,35,37,38)(H3,36,41,42,45);11-16,19-20,23-24,29-30H,7-10H2,1-6H3,(H2,35,36,37)(H,38,39,46)/t14?,15?,16-,17-,20-,21-,26?,27?,58?,59?;15?,16?,19-,20-,23-,24-,29?,30?,55?,56?/m11/s1. The van der Waals surface area contributed by atoms with Gasteiger partial charge in [0.2, 0.25) is 5.95 Å². The Bertz CT molecular complexity index is 5500. The number of carbonyl (C=O) groups excluding carboxylic acids is 4. The van der Waals surface area contributed by atoms with E-state index < -0.39 is 220 Å². The number of esters is 2. The number of alkyl halides is 4. The Labute approximate surface area is 687 Å². The van der Waals surface area contributed by atoms with Crippen molar-refractivity contribution in [3.05, 3.63) is 65.0 Å². The van der Waals surface area contributed by atoms with Gasteiger partial charge in [-0.15, -0.1) is 0 Å². The van der Waals surface area contributed by atoms with E-state index in [1.54, 1.807) is 83.1 Å². The van der Waals surface area contributed by atoms with Gasteiger partial charge in [0.15, 0.2) is 94.9 Å². The minimum absolute atomic E-state index is 0.00767. The molecule has 6 aliphatic heterocycles. The monoisotopic (exact) mass is 1830 g/mol. The Morgan fingerprint density at radius 1 is 0.445 bits per heavy atom. The summed E-state index contributed by atoms with van der Waals surface area (Å²) in [5.41, 5.74) is 12.5. The van der Waals surface area contributed by atoms with Crippen molar-refractivity contribution in [2.45, 2.75) is 182 Å². The maximum absolute atomic E-state index is 16.9. The third-order valence-corrected chi connectivity index (χ3v) is 32.6. The predicted molar refractivity (Wildman–Crippen MR) is 419 cm³/mol. The van der Waals surface area contributed by atoms with Crippen LogP contribution < -0.4 is 28.3 Å². The van der Waals surface area contributed by atoms with Crippen LogP contribution in [-0.2, 0) is 102 Å². The highest BCUT2D eigenvalue weighted by molar-refractivity contribution is 8.56. The van der Waals surface area contributed by atoms with Crippen molar-refractivity contribution in [3.63, 3.8) is 0 Å². The van der Waals surface area contributed by atoms with Gasteiger partial charge >= 0.3 is 39.1 Å². The lowest BCUT2D eigenvalue weighted by Gasteiger charge is -2.30. The topological polar surface area (TPSA) is 558 Å². The average molecular weight is 1830 g/mol. The summed E-state index contributed by atoms with van der Waals surface area (Å²) in [5, 5.41) is 0. The third kappa shape index (κ3) is 19.4. The maximum Gasteiger partial charge on any atom is 0.392 e. The summed E-state index contributed by atoms with van der Waals surface area (Å²) in [6.07, 6.45) is -20.9. The molecule has 14 rings (SSSR count). The van der Waals surface area contributed by atoms with Crippen LogP contribution in [0.25, 0.3) is 44.7 Å². The molecule has 43 nitrogen and oxygen atoms in total. The first-order valence-corrected chi connectivity index (χ1v) is 48.7.